The minimum absolute atomic E-state index is 0.0504. The molecule has 202 valence electrons. The van der Waals surface area contributed by atoms with Gasteiger partial charge in [-0.15, -0.1) is 0 Å². The van der Waals surface area contributed by atoms with Crippen LogP contribution in [-0.4, -0.2) is 54.9 Å². The number of halogens is 1. The molecule has 9 heteroatoms. The van der Waals surface area contributed by atoms with Crippen LogP contribution in [0.15, 0.2) is 72.8 Å². The van der Waals surface area contributed by atoms with E-state index in [1.165, 1.54) is 17.0 Å². The third-order valence-corrected chi connectivity index (χ3v) is 6.99. The average Bonchev–Trinajstić information content (AvgIpc) is 3.30. The number of nitrogens with one attached hydrogen (secondary N) is 2. The Morgan fingerprint density at radius 2 is 1.77 bits per heavy atom. The summed E-state index contributed by atoms with van der Waals surface area (Å²) in [6.45, 7) is 4.46. The maximum Gasteiger partial charge on any atom is 0.268 e. The number of benzene rings is 3. The number of fused-ring (bicyclic) bond motifs is 1. The molecular weight excluding hydrogens is 499 g/mol. The van der Waals surface area contributed by atoms with E-state index < -0.39 is 18.0 Å². The van der Waals surface area contributed by atoms with Crippen molar-refractivity contribution in [2.24, 2.45) is 0 Å². The van der Waals surface area contributed by atoms with Gasteiger partial charge in [0.1, 0.15) is 11.6 Å². The number of amides is 3. The highest BCUT2D eigenvalue weighted by Crippen LogP contribution is 2.39. The minimum atomic E-state index is -0.887. The number of carbonyl (C=O) groups excluding carboxylic acids is 3. The third kappa shape index (κ3) is 5.93. The molecule has 2 heterocycles. The number of rotatable bonds is 5. The molecule has 0 bridgehead atoms. The number of para-hydroxylation sites is 1. The van der Waals surface area contributed by atoms with Gasteiger partial charge in [0.15, 0.2) is 6.10 Å². The molecule has 0 saturated carbocycles. The molecule has 2 aliphatic heterocycles. The van der Waals surface area contributed by atoms with Crippen molar-refractivity contribution in [1.82, 2.24) is 10.2 Å². The average molecular weight is 531 g/mol. The van der Waals surface area contributed by atoms with Gasteiger partial charge in [-0.2, -0.15) is 0 Å². The summed E-state index contributed by atoms with van der Waals surface area (Å²) in [5, 5.41) is 6.17. The van der Waals surface area contributed by atoms with Gasteiger partial charge in [-0.1, -0.05) is 30.3 Å². The van der Waals surface area contributed by atoms with Crippen LogP contribution >= 0.6 is 0 Å². The molecular formula is C30H31FN4O4. The van der Waals surface area contributed by atoms with E-state index in [0.29, 0.717) is 47.9 Å². The number of nitrogens with zero attached hydrogens (tertiary/aromatic N) is 2. The van der Waals surface area contributed by atoms with Crippen molar-refractivity contribution in [3.63, 3.8) is 0 Å². The lowest BCUT2D eigenvalue weighted by atomic mass is 10.00. The molecule has 0 aromatic heterocycles. The summed E-state index contributed by atoms with van der Waals surface area (Å²) >= 11 is 0. The molecule has 2 atom stereocenters. The summed E-state index contributed by atoms with van der Waals surface area (Å²) in [6, 6.07) is 19.1. The Morgan fingerprint density at radius 3 is 2.54 bits per heavy atom. The Hall–Kier alpha value is -4.24. The van der Waals surface area contributed by atoms with E-state index in [9.17, 15) is 18.8 Å². The Labute approximate surface area is 226 Å². The van der Waals surface area contributed by atoms with Gasteiger partial charge in [-0.25, -0.2) is 4.39 Å². The van der Waals surface area contributed by atoms with Crippen LogP contribution < -0.4 is 20.3 Å². The highest BCUT2D eigenvalue weighted by molar-refractivity contribution is 6.07. The summed E-state index contributed by atoms with van der Waals surface area (Å²) < 4.78 is 19.7. The molecule has 8 nitrogen and oxygen atoms in total. The zero-order valence-electron chi connectivity index (χ0n) is 21.7. The Balaban J connectivity index is 1.53. The molecule has 1 saturated heterocycles. The van der Waals surface area contributed by atoms with Crippen molar-refractivity contribution >= 4 is 29.1 Å². The number of hydrogen-bond donors (Lipinski definition) is 2. The van der Waals surface area contributed by atoms with Gasteiger partial charge in [-0.05, 0) is 67.9 Å². The fourth-order valence-electron chi connectivity index (χ4n) is 5.02. The van der Waals surface area contributed by atoms with Gasteiger partial charge in [0.25, 0.3) is 11.8 Å². The lowest BCUT2D eigenvalue weighted by Gasteiger charge is -2.33. The number of hydrogen-bond acceptors (Lipinski definition) is 5. The van der Waals surface area contributed by atoms with E-state index in [-0.39, 0.29) is 24.1 Å². The Bertz CT molecular complexity index is 1340. The van der Waals surface area contributed by atoms with Crippen LogP contribution in [-0.2, 0) is 9.59 Å². The molecule has 0 spiro atoms. The summed E-state index contributed by atoms with van der Waals surface area (Å²) in [5.74, 6) is -0.699. The van der Waals surface area contributed by atoms with Crippen LogP contribution in [0.4, 0.5) is 15.8 Å². The Morgan fingerprint density at radius 1 is 1.00 bits per heavy atom. The standard InChI is InChI=1S/C30H31FN4O4/c1-20(39-24-6-3-2-4-7-24)29(37)35-26-13-10-22(30(38)34-16-5-14-32-15-17-34)18-25(26)33-28(36)19-27(35)21-8-11-23(31)12-9-21/h2-4,6-13,18,20,27,32H,5,14-17,19H2,1H3,(H,33,36). The highest BCUT2D eigenvalue weighted by atomic mass is 19.1. The summed E-state index contributed by atoms with van der Waals surface area (Å²) in [5.41, 5.74) is 1.84. The van der Waals surface area contributed by atoms with Crippen LogP contribution in [0, 0.1) is 5.82 Å². The second kappa shape index (κ2) is 11.7. The van der Waals surface area contributed by atoms with Gasteiger partial charge in [0.05, 0.1) is 23.8 Å². The van der Waals surface area contributed by atoms with Gasteiger partial charge in [0.2, 0.25) is 5.91 Å². The topological polar surface area (TPSA) is 91.0 Å². The van der Waals surface area contributed by atoms with Crippen LogP contribution in [0.3, 0.4) is 0 Å². The number of carbonyl (C=O) groups is 3. The predicted molar refractivity (Wildman–Crippen MR) is 146 cm³/mol. The second-order valence-electron chi connectivity index (χ2n) is 9.73. The molecule has 0 aliphatic carbocycles. The molecule has 2 N–H and O–H groups in total. The van der Waals surface area contributed by atoms with Crippen molar-refractivity contribution < 1.29 is 23.5 Å². The second-order valence-corrected chi connectivity index (χ2v) is 9.73. The van der Waals surface area contributed by atoms with E-state index in [0.717, 1.165) is 13.0 Å². The molecule has 3 amide bonds. The molecule has 2 aliphatic rings. The van der Waals surface area contributed by atoms with E-state index in [2.05, 4.69) is 10.6 Å². The molecule has 1 fully saturated rings. The first-order valence-electron chi connectivity index (χ1n) is 13.1. The van der Waals surface area contributed by atoms with Crippen LogP contribution in [0.1, 0.15) is 41.7 Å². The third-order valence-electron chi connectivity index (χ3n) is 6.99. The van der Waals surface area contributed by atoms with Gasteiger partial charge >= 0.3 is 0 Å². The molecule has 0 radical (unpaired) electrons. The summed E-state index contributed by atoms with van der Waals surface area (Å²) in [6.07, 6.45) is -0.0817. The fourth-order valence-corrected chi connectivity index (χ4v) is 5.02. The smallest absolute Gasteiger partial charge is 0.268 e. The largest absolute Gasteiger partial charge is 0.481 e. The van der Waals surface area contributed by atoms with Crippen molar-refractivity contribution in [1.29, 1.82) is 0 Å². The van der Waals surface area contributed by atoms with E-state index in [4.69, 9.17) is 4.74 Å². The molecule has 3 aromatic rings. The first-order valence-corrected chi connectivity index (χ1v) is 13.1. The molecule has 2 unspecified atom stereocenters. The van der Waals surface area contributed by atoms with Gasteiger partial charge in [0, 0.05) is 25.2 Å². The van der Waals surface area contributed by atoms with E-state index in [1.54, 1.807) is 54.3 Å². The minimum Gasteiger partial charge on any atom is -0.481 e. The van der Waals surface area contributed by atoms with Gasteiger partial charge in [-0.3, -0.25) is 19.3 Å². The van der Waals surface area contributed by atoms with Gasteiger partial charge < -0.3 is 20.3 Å². The fraction of sp³-hybridized carbons (Fsp3) is 0.300. The van der Waals surface area contributed by atoms with Crippen molar-refractivity contribution in [2.75, 3.05) is 36.4 Å². The SMILES string of the molecule is CC(Oc1ccccc1)C(=O)N1c2ccc(C(=O)N3CCCNCC3)cc2NC(=O)CC1c1ccc(F)cc1. The normalized spacial score (nSPS) is 18.3. The zero-order chi connectivity index (χ0) is 27.4. The molecule has 39 heavy (non-hydrogen) atoms. The van der Waals surface area contributed by atoms with E-state index >= 15 is 0 Å². The molecule has 5 rings (SSSR count). The van der Waals surface area contributed by atoms with Crippen molar-refractivity contribution in [2.45, 2.75) is 31.9 Å². The zero-order valence-corrected chi connectivity index (χ0v) is 21.7. The lowest BCUT2D eigenvalue weighted by Crippen LogP contribution is -2.43. The summed E-state index contributed by atoms with van der Waals surface area (Å²) in [4.78, 5) is 43.7. The maximum absolute atomic E-state index is 14.0. The monoisotopic (exact) mass is 530 g/mol. The Kier molecular flexibility index (Phi) is 7.88. The maximum atomic E-state index is 14.0. The van der Waals surface area contributed by atoms with Crippen LogP contribution in [0.5, 0.6) is 5.75 Å². The quantitative estimate of drug-likeness (QED) is 0.518. The van der Waals surface area contributed by atoms with Crippen molar-refractivity contribution in [3.05, 3.63) is 89.7 Å². The number of ether oxygens (including phenoxy) is 1. The first kappa shape index (κ1) is 26.4. The van der Waals surface area contributed by atoms with E-state index in [1.807, 2.05) is 18.2 Å². The molecule has 3 aromatic carbocycles. The van der Waals surface area contributed by atoms with Crippen LogP contribution in [0.2, 0.25) is 0 Å². The summed E-state index contributed by atoms with van der Waals surface area (Å²) in [7, 11) is 0. The highest BCUT2D eigenvalue weighted by Gasteiger charge is 2.37. The van der Waals surface area contributed by atoms with Crippen molar-refractivity contribution in [3.8, 4) is 5.75 Å². The predicted octanol–water partition coefficient (Wildman–Crippen LogP) is 4.15. The number of anilines is 2. The van der Waals surface area contributed by atoms with Crippen LogP contribution in [0.25, 0.3) is 0 Å². The first-order chi connectivity index (χ1) is 18.9. The lowest BCUT2D eigenvalue weighted by molar-refractivity contribution is -0.125.